The lowest BCUT2D eigenvalue weighted by Gasteiger charge is -2.12. The summed E-state index contributed by atoms with van der Waals surface area (Å²) in [6.07, 6.45) is -0.503. The van der Waals surface area contributed by atoms with Crippen LogP contribution in [0.3, 0.4) is 0 Å². The van der Waals surface area contributed by atoms with Crippen LogP contribution >= 0.6 is 0 Å². The normalized spacial score (nSPS) is 14.9. The van der Waals surface area contributed by atoms with Gasteiger partial charge >= 0.3 is 0 Å². The number of ether oxygens (including phenoxy) is 1. The third kappa shape index (κ3) is 2.51. The topological polar surface area (TPSA) is 67.4 Å². The van der Waals surface area contributed by atoms with E-state index in [1.165, 1.54) is 0 Å². The highest BCUT2D eigenvalue weighted by Crippen LogP contribution is 2.20. The van der Waals surface area contributed by atoms with E-state index in [2.05, 4.69) is 10.6 Å². The lowest BCUT2D eigenvalue weighted by Crippen LogP contribution is -2.27. The molecule has 0 saturated heterocycles. The van der Waals surface area contributed by atoms with Crippen molar-refractivity contribution in [3.8, 4) is 0 Å². The molecule has 1 atom stereocenters. The van der Waals surface area contributed by atoms with E-state index in [0.29, 0.717) is 24.4 Å². The third-order valence-corrected chi connectivity index (χ3v) is 2.85. The quantitative estimate of drug-likeness (QED) is 0.843. The largest absolute Gasteiger partial charge is 0.369 e. The van der Waals surface area contributed by atoms with E-state index >= 15 is 0 Å². The van der Waals surface area contributed by atoms with Crippen molar-refractivity contribution >= 4 is 17.5 Å². The second-order valence-electron chi connectivity index (χ2n) is 4.14. The van der Waals surface area contributed by atoms with Gasteiger partial charge in [-0.15, -0.1) is 0 Å². The van der Waals surface area contributed by atoms with Crippen LogP contribution in [0.15, 0.2) is 18.2 Å². The van der Waals surface area contributed by atoms with Gasteiger partial charge in [0.25, 0.3) is 11.8 Å². The summed E-state index contributed by atoms with van der Waals surface area (Å²) < 4.78 is 5.20. The molecule has 0 aromatic heterocycles. The Morgan fingerprint density at radius 1 is 1.56 bits per heavy atom. The van der Waals surface area contributed by atoms with Crippen LogP contribution in [0, 0.1) is 0 Å². The first-order valence-electron chi connectivity index (χ1n) is 5.95. The van der Waals surface area contributed by atoms with E-state index in [9.17, 15) is 9.59 Å². The molecule has 1 aromatic carbocycles. The fraction of sp³-hybridized carbons (Fsp3) is 0.385. The number of hydrogen-bond donors (Lipinski definition) is 2. The zero-order valence-corrected chi connectivity index (χ0v) is 10.4. The fourth-order valence-corrected chi connectivity index (χ4v) is 1.86. The number of nitrogens with one attached hydrogen (secondary N) is 2. The second kappa shape index (κ2) is 5.18. The van der Waals surface area contributed by atoms with Crippen LogP contribution in [0.1, 0.15) is 29.8 Å². The summed E-state index contributed by atoms with van der Waals surface area (Å²) in [6, 6.07) is 5.32. The Balaban J connectivity index is 2.09. The molecule has 5 nitrogen and oxygen atoms in total. The average molecular weight is 248 g/mol. The van der Waals surface area contributed by atoms with Gasteiger partial charge in [0, 0.05) is 24.4 Å². The number of benzene rings is 1. The van der Waals surface area contributed by atoms with Gasteiger partial charge in [0.2, 0.25) is 0 Å². The molecule has 2 rings (SSSR count). The summed E-state index contributed by atoms with van der Waals surface area (Å²) in [5.74, 6) is -0.311. The van der Waals surface area contributed by atoms with Crippen LogP contribution in [0.4, 0.5) is 5.69 Å². The molecule has 1 aliphatic heterocycles. The molecule has 0 radical (unpaired) electrons. The molecule has 5 heteroatoms. The van der Waals surface area contributed by atoms with Gasteiger partial charge in [-0.25, -0.2) is 0 Å². The van der Waals surface area contributed by atoms with Crippen molar-refractivity contribution in [3.05, 3.63) is 29.3 Å². The number of amides is 2. The third-order valence-electron chi connectivity index (χ3n) is 2.85. The Hall–Kier alpha value is -1.88. The van der Waals surface area contributed by atoms with Gasteiger partial charge in [0.05, 0.1) is 0 Å². The molecule has 0 fully saturated rings. The zero-order valence-electron chi connectivity index (χ0n) is 10.4. The van der Waals surface area contributed by atoms with E-state index in [0.717, 1.165) is 5.56 Å². The fourth-order valence-electron chi connectivity index (χ4n) is 1.86. The molecule has 1 aromatic rings. The van der Waals surface area contributed by atoms with Gasteiger partial charge in [-0.3, -0.25) is 9.59 Å². The van der Waals surface area contributed by atoms with Crippen molar-refractivity contribution in [2.75, 3.05) is 11.9 Å². The van der Waals surface area contributed by atoms with Crippen LogP contribution in [0.5, 0.6) is 0 Å². The first-order valence-corrected chi connectivity index (χ1v) is 5.95. The van der Waals surface area contributed by atoms with E-state index in [1.54, 1.807) is 19.1 Å². The van der Waals surface area contributed by atoms with Crippen molar-refractivity contribution in [3.63, 3.8) is 0 Å². The van der Waals surface area contributed by atoms with Gasteiger partial charge in [-0.2, -0.15) is 0 Å². The lowest BCUT2D eigenvalue weighted by molar-refractivity contribution is -0.126. The molecular weight excluding hydrogens is 232 g/mol. The van der Waals surface area contributed by atoms with Crippen LogP contribution in [0.2, 0.25) is 0 Å². The summed E-state index contributed by atoms with van der Waals surface area (Å²) in [5.41, 5.74) is 2.19. The molecular formula is C13H16N2O3. The Morgan fingerprint density at radius 2 is 2.33 bits per heavy atom. The minimum atomic E-state index is -0.503. The monoisotopic (exact) mass is 248 g/mol. The molecule has 0 spiro atoms. The molecule has 1 unspecified atom stereocenters. The predicted octanol–water partition coefficient (Wildman–Crippen LogP) is 1.29. The zero-order chi connectivity index (χ0) is 13.1. The van der Waals surface area contributed by atoms with Crippen LogP contribution in [0.25, 0.3) is 0 Å². The summed E-state index contributed by atoms with van der Waals surface area (Å²) in [4.78, 5) is 23.2. The summed E-state index contributed by atoms with van der Waals surface area (Å²) in [6.45, 7) is 4.57. The summed E-state index contributed by atoms with van der Waals surface area (Å²) >= 11 is 0. The maximum absolute atomic E-state index is 11.7. The van der Waals surface area contributed by atoms with E-state index in [4.69, 9.17) is 4.74 Å². The first-order chi connectivity index (χ1) is 8.61. The summed E-state index contributed by atoms with van der Waals surface area (Å²) in [5, 5.41) is 5.47. The highest BCUT2D eigenvalue weighted by atomic mass is 16.5. The second-order valence-corrected chi connectivity index (χ2v) is 4.14. The Labute approximate surface area is 106 Å². The lowest BCUT2D eigenvalue weighted by atomic mass is 10.1. The standard InChI is InChI=1S/C13H16N2O3/c1-3-18-8(2)12(16)15-10-5-4-9-7-14-13(17)11(9)6-10/h4-6,8H,3,7H2,1-2H3,(H,14,17)(H,15,16). The van der Waals surface area contributed by atoms with E-state index in [1.807, 2.05) is 13.0 Å². The maximum atomic E-state index is 11.7. The molecule has 2 amide bonds. The van der Waals surface area contributed by atoms with Crippen LogP contribution < -0.4 is 10.6 Å². The number of fused-ring (bicyclic) bond motifs is 1. The predicted molar refractivity (Wildman–Crippen MR) is 67.3 cm³/mol. The number of rotatable bonds is 4. The molecule has 96 valence electrons. The highest BCUT2D eigenvalue weighted by molar-refractivity contribution is 6.01. The van der Waals surface area contributed by atoms with Gasteiger partial charge in [0.1, 0.15) is 6.10 Å². The van der Waals surface area contributed by atoms with Crippen molar-refractivity contribution in [2.24, 2.45) is 0 Å². The number of carbonyl (C=O) groups excluding carboxylic acids is 2. The number of hydrogen-bond acceptors (Lipinski definition) is 3. The SMILES string of the molecule is CCOC(C)C(=O)Nc1ccc2c(c1)C(=O)NC2. The van der Waals surface area contributed by atoms with Crippen molar-refractivity contribution in [1.29, 1.82) is 0 Å². The average Bonchev–Trinajstić information content (AvgIpc) is 2.71. The van der Waals surface area contributed by atoms with Crippen LogP contribution in [-0.2, 0) is 16.1 Å². The Morgan fingerprint density at radius 3 is 3.06 bits per heavy atom. The van der Waals surface area contributed by atoms with Crippen molar-refractivity contribution in [2.45, 2.75) is 26.5 Å². The maximum Gasteiger partial charge on any atom is 0.253 e. The molecule has 0 aliphatic carbocycles. The minimum Gasteiger partial charge on any atom is -0.369 e. The Bertz CT molecular complexity index is 485. The smallest absolute Gasteiger partial charge is 0.253 e. The van der Waals surface area contributed by atoms with Crippen LogP contribution in [-0.4, -0.2) is 24.5 Å². The molecule has 0 saturated carbocycles. The molecule has 2 N–H and O–H groups in total. The molecule has 18 heavy (non-hydrogen) atoms. The van der Waals surface area contributed by atoms with Gasteiger partial charge in [-0.05, 0) is 31.5 Å². The molecule has 1 heterocycles. The Kier molecular flexibility index (Phi) is 3.62. The number of carbonyl (C=O) groups is 2. The van der Waals surface area contributed by atoms with Gasteiger partial charge in [-0.1, -0.05) is 6.07 Å². The van der Waals surface area contributed by atoms with Crippen molar-refractivity contribution in [1.82, 2.24) is 5.32 Å². The highest BCUT2D eigenvalue weighted by Gasteiger charge is 2.20. The van der Waals surface area contributed by atoms with E-state index < -0.39 is 6.10 Å². The minimum absolute atomic E-state index is 0.0982. The van der Waals surface area contributed by atoms with Gasteiger partial charge < -0.3 is 15.4 Å². The van der Waals surface area contributed by atoms with Gasteiger partial charge in [0.15, 0.2) is 0 Å². The van der Waals surface area contributed by atoms with Crippen molar-refractivity contribution < 1.29 is 14.3 Å². The number of anilines is 1. The first kappa shape index (κ1) is 12.6. The molecule has 0 bridgehead atoms. The molecule has 1 aliphatic rings. The van der Waals surface area contributed by atoms with E-state index in [-0.39, 0.29) is 11.8 Å². The summed E-state index contributed by atoms with van der Waals surface area (Å²) in [7, 11) is 0.